The summed E-state index contributed by atoms with van der Waals surface area (Å²) in [6.07, 6.45) is 3.34. The van der Waals surface area contributed by atoms with Crippen LogP contribution in [0.1, 0.15) is 31.4 Å². The van der Waals surface area contributed by atoms with E-state index in [-0.39, 0.29) is 16.8 Å². The van der Waals surface area contributed by atoms with Gasteiger partial charge in [0.15, 0.2) is 0 Å². The zero-order chi connectivity index (χ0) is 21.8. The molecule has 164 valence electrons. The second-order valence-corrected chi connectivity index (χ2v) is 9.03. The molecule has 0 bridgehead atoms. The smallest absolute Gasteiger partial charge is 0.475 e. The summed E-state index contributed by atoms with van der Waals surface area (Å²) < 4.78 is 38.0. The molecule has 30 heavy (non-hydrogen) atoms. The Labute approximate surface area is 176 Å². The van der Waals surface area contributed by atoms with Crippen LogP contribution in [0.4, 0.5) is 13.2 Å². The summed E-state index contributed by atoms with van der Waals surface area (Å²) in [6, 6.07) is 5.91. The average molecular weight is 444 g/mol. The number of amides is 1. The maximum Gasteiger partial charge on any atom is 0.490 e. The number of pyridine rings is 1. The van der Waals surface area contributed by atoms with Crippen molar-refractivity contribution in [3.05, 3.63) is 41.7 Å². The van der Waals surface area contributed by atoms with Crippen molar-refractivity contribution in [1.82, 2.24) is 9.88 Å². The SMILES string of the molecule is O=C(C1=CCCC1)N1CC2(CC(OCc3ccccn3)CS2)C1.O=C(O)C(F)(F)F. The number of carbonyl (C=O) groups is 2. The van der Waals surface area contributed by atoms with Crippen molar-refractivity contribution in [1.29, 1.82) is 0 Å². The first-order chi connectivity index (χ1) is 14.2. The topological polar surface area (TPSA) is 79.7 Å². The van der Waals surface area contributed by atoms with Crippen LogP contribution in [0.25, 0.3) is 0 Å². The lowest BCUT2D eigenvalue weighted by Crippen LogP contribution is -2.61. The number of carboxylic acid groups (broad SMARTS) is 1. The number of rotatable bonds is 4. The first kappa shape index (κ1) is 22.6. The highest BCUT2D eigenvalue weighted by Crippen LogP contribution is 2.46. The molecule has 2 aliphatic heterocycles. The number of halogens is 3. The Balaban J connectivity index is 0.000000318. The summed E-state index contributed by atoms with van der Waals surface area (Å²) >= 11 is 1.98. The van der Waals surface area contributed by atoms with Crippen LogP contribution >= 0.6 is 11.8 Å². The summed E-state index contributed by atoms with van der Waals surface area (Å²) in [5.74, 6) is -1.46. The molecule has 1 aromatic heterocycles. The van der Waals surface area contributed by atoms with Gasteiger partial charge in [-0.15, -0.1) is 11.8 Å². The Morgan fingerprint density at radius 1 is 1.33 bits per heavy atom. The maximum absolute atomic E-state index is 12.4. The van der Waals surface area contributed by atoms with E-state index in [9.17, 15) is 18.0 Å². The van der Waals surface area contributed by atoms with E-state index in [4.69, 9.17) is 14.6 Å². The molecule has 2 saturated heterocycles. The van der Waals surface area contributed by atoms with E-state index in [0.717, 1.165) is 55.8 Å². The van der Waals surface area contributed by atoms with Crippen LogP contribution in [-0.4, -0.2) is 62.7 Å². The minimum absolute atomic E-state index is 0.240. The molecule has 1 unspecified atom stereocenters. The van der Waals surface area contributed by atoms with Crippen molar-refractivity contribution < 1.29 is 32.6 Å². The Morgan fingerprint density at radius 3 is 2.63 bits per heavy atom. The molecule has 3 heterocycles. The Kier molecular flexibility index (Phi) is 7.07. The highest BCUT2D eigenvalue weighted by molar-refractivity contribution is 8.01. The summed E-state index contributed by atoms with van der Waals surface area (Å²) in [4.78, 5) is 27.6. The number of alkyl halides is 3. The largest absolute Gasteiger partial charge is 0.490 e. The quantitative estimate of drug-likeness (QED) is 0.767. The number of carboxylic acids is 1. The minimum Gasteiger partial charge on any atom is -0.475 e. The zero-order valence-corrected chi connectivity index (χ0v) is 17.0. The second-order valence-electron chi connectivity index (χ2n) is 7.54. The summed E-state index contributed by atoms with van der Waals surface area (Å²) in [5.41, 5.74) is 2.02. The number of aliphatic carboxylic acids is 1. The Hall–Kier alpha value is -2.07. The van der Waals surface area contributed by atoms with E-state index in [2.05, 4.69) is 11.1 Å². The summed E-state index contributed by atoms with van der Waals surface area (Å²) in [5, 5.41) is 7.12. The molecular weight excluding hydrogens is 421 g/mol. The van der Waals surface area contributed by atoms with Crippen LogP contribution in [0.5, 0.6) is 0 Å². The van der Waals surface area contributed by atoms with Gasteiger partial charge in [0.25, 0.3) is 0 Å². The number of carbonyl (C=O) groups excluding carboxylic acids is 1. The minimum atomic E-state index is -5.08. The standard InChI is InChI=1S/C18H22N2O2S.C2HF3O2/c21-17(14-5-1-2-6-14)20-12-18(13-20)9-16(11-23-18)22-10-15-7-3-4-8-19-15;3-2(4,5)1(6)7/h3-5,7-8,16H,1-2,6,9-13H2;(H,6,7). The molecule has 0 aromatic carbocycles. The highest BCUT2D eigenvalue weighted by Gasteiger charge is 2.51. The van der Waals surface area contributed by atoms with Gasteiger partial charge in [0, 0.05) is 30.6 Å². The molecular formula is C20H23F3N2O4S. The van der Waals surface area contributed by atoms with Gasteiger partial charge in [-0.2, -0.15) is 13.2 Å². The highest BCUT2D eigenvalue weighted by atomic mass is 32.2. The molecule has 1 amide bonds. The number of nitrogens with zero attached hydrogens (tertiary/aromatic N) is 2. The molecule has 1 spiro atoms. The van der Waals surface area contributed by atoms with Crippen molar-refractivity contribution in [2.24, 2.45) is 0 Å². The molecule has 1 atom stereocenters. The van der Waals surface area contributed by atoms with Gasteiger partial charge in [-0.1, -0.05) is 12.1 Å². The van der Waals surface area contributed by atoms with Gasteiger partial charge in [0.2, 0.25) is 5.91 Å². The summed E-state index contributed by atoms with van der Waals surface area (Å²) in [7, 11) is 0. The van der Waals surface area contributed by atoms with Crippen molar-refractivity contribution in [3.63, 3.8) is 0 Å². The van der Waals surface area contributed by atoms with E-state index in [1.165, 1.54) is 0 Å². The number of likely N-dealkylation sites (tertiary alicyclic amines) is 1. The van der Waals surface area contributed by atoms with Gasteiger partial charge >= 0.3 is 12.1 Å². The van der Waals surface area contributed by atoms with E-state index in [1.54, 1.807) is 6.20 Å². The van der Waals surface area contributed by atoms with E-state index in [1.807, 2.05) is 34.9 Å². The van der Waals surface area contributed by atoms with Gasteiger partial charge in [-0.25, -0.2) is 4.79 Å². The monoisotopic (exact) mass is 444 g/mol. The van der Waals surface area contributed by atoms with E-state index >= 15 is 0 Å². The number of hydrogen-bond donors (Lipinski definition) is 1. The van der Waals surface area contributed by atoms with Crippen LogP contribution in [0, 0.1) is 0 Å². The fourth-order valence-corrected chi connectivity index (χ4v) is 5.23. The lowest BCUT2D eigenvalue weighted by molar-refractivity contribution is -0.192. The van der Waals surface area contributed by atoms with Gasteiger partial charge in [-0.3, -0.25) is 9.78 Å². The number of ether oxygens (including phenoxy) is 1. The fourth-order valence-electron chi connectivity index (χ4n) is 3.68. The van der Waals surface area contributed by atoms with Gasteiger partial charge in [0.05, 0.1) is 23.2 Å². The molecule has 6 nitrogen and oxygen atoms in total. The fraction of sp³-hybridized carbons (Fsp3) is 0.550. The normalized spacial score (nSPS) is 22.2. The maximum atomic E-state index is 12.4. The van der Waals surface area contributed by atoms with Crippen LogP contribution < -0.4 is 0 Å². The Morgan fingerprint density at radius 2 is 2.07 bits per heavy atom. The molecule has 0 radical (unpaired) electrons. The molecule has 10 heteroatoms. The molecule has 1 aliphatic carbocycles. The van der Waals surface area contributed by atoms with Crippen molar-refractivity contribution >= 4 is 23.6 Å². The lowest BCUT2D eigenvalue weighted by Gasteiger charge is -2.47. The lowest BCUT2D eigenvalue weighted by atomic mass is 9.92. The Bertz CT molecular complexity index is 795. The first-order valence-corrected chi connectivity index (χ1v) is 10.6. The predicted molar refractivity (Wildman–Crippen MR) is 105 cm³/mol. The van der Waals surface area contributed by atoms with E-state index < -0.39 is 12.1 Å². The van der Waals surface area contributed by atoms with Gasteiger partial charge < -0.3 is 14.7 Å². The predicted octanol–water partition coefficient (Wildman–Crippen LogP) is 3.43. The third kappa shape index (κ3) is 5.75. The molecule has 1 aromatic rings. The van der Waals surface area contributed by atoms with Gasteiger partial charge in [0.1, 0.15) is 0 Å². The third-order valence-corrected chi connectivity index (χ3v) is 6.75. The second kappa shape index (κ2) is 9.38. The molecule has 2 fully saturated rings. The zero-order valence-electron chi connectivity index (χ0n) is 16.2. The molecule has 0 saturated carbocycles. The van der Waals surface area contributed by atoms with Crippen LogP contribution in [0.2, 0.25) is 0 Å². The number of aromatic nitrogens is 1. The molecule has 1 N–H and O–H groups in total. The van der Waals surface area contributed by atoms with E-state index in [0.29, 0.717) is 6.61 Å². The van der Waals surface area contributed by atoms with Crippen molar-refractivity contribution in [2.45, 2.75) is 49.3 Å². The van der Waals surface area contributed by atoms with Crippen LogP contribution in [0.3, 0.4) is 0 Å². The average Bonchev–Trinajstić information content (AvgIpc) is 3.35. The third-order valence-electron chi connectivity index (χ3n) is 5.17. The van der Waals surface area contributed by atoms with Crippen molar-refractivity contribution in [3.8, 4) is 0 Å². The number of thioether (sulfide) groups is 1. The number of allylic oxidation sites excluding steroid dienone is 1. The summed E-state index contributed by atoms with van der Waals surface area (Å²) in [6.45, 7) is 2.35. The van der Waals surface area contributed by atoms with Gasteiger partial charge in [-0.05, 0) is 37.8 Å². The van der Waals surface area contributed by atoms with Crippen LogP contribution in [0.15, 0.2) is 36.0 Å². The van der Waals surface area contributed by atoms with Crippen LogP contribution in [-0.2, 0) is 20.9 Å². The van der Waals surface area contributed by atoms with Crippen molar-refractivity contribution in [2.75, 3.05) is 18.8 Å². The number of hydrogen-bond acceptors (Lipinski definition) is 5. The molecule has 4 rings (SSSR count). The molecule has 3 aliphatic rings. The first-order valence-electron chi connectivity index (χ1n) is 9.62.